The highest BCUT2D eigenvalue weighted by Gasteiger charge is 2.11. The van der Waals surface area contributed by atoms with Crippen LogP contribution in [0.15, 0.2) is 11.6 Å². The highest BCUT2D eigenvalue weighted by atomic mass is 16.1. The molecule has 0 aromatic carbocycles. The maximum Gasteiger partial charge on any atom is 0.261 e. The van der Waals surface area contributed by atoms with Crippen LogP contribution >= 0.6 is 0 Å². The molecule has 1 aromatic rings. The molecule has 1 heterocycles. The molecule has 1 rings (SSSR count). The Kier molecular flexibility index (Phi) is 4.73. The van der Waals surface area contributed by atoms with Gasteiger partial charge >= 0.3 is 0 Å². The average molecular weight is 245 g/mol. The fraction of sp³-hybridized carbons (Fsp3) is 0.429. The van der Waals surface area contributed by atoms with Crippen LogP contribution < -0.4 is 5.32 Å². The van der Waals surface area contributed by atoms with Crippen LogP contribution in [0.5, 0.6) is 0 Å². The Hall–Kier alpha value is -2.02. The minimum absolute atomic E-state index is 0.134. The zero-order valence-corrected chi connectivity index (χ0v) is 11.4. The Morgan fingerprint density at radius 3 is 2.72 bits per heavy atom. The second-order valence-corrected chi connectivity index (χ2v) is 4.23. The van der Waals surface area contributed by atoms with Gasteiger partial charge in [0.15, 0.2) is 0 Å². The first-order valence-corrected chi connectivity index (χ1v) is 6.05. The monoisotopic (exact) mass is 245 g/mol. The summed E-state index contributed by atoms with van der Waals surface area (Å²) in [5.74, 6) is -0.349. The van der Waals surface area contributed by atoms with E-state index in [2.05, 4.69) is 16.8 Å². The van der Waals surface area contributed by atoms with Gasteiger partial charge in [0, 0.05) is 25.0 Å². The number of nitrogens with zero attached hydrogens (tertiary/aromatic N) is 2. The maximum absolute atomic E-state index is 11.5. The van der Waals surface area contributed by atoms with Crippen LogP contribution in [-0.2, 0) is 11.3 Å². The van der Waals surface area contributed by atoms with Crippen molar-refractivity contribution in [1.29, 1.82) is 5.26 Å². The quantitative estimate of drug-likeness (QED) is 0.653. The van der Waals surface area contributed by atoms with Crippen molar-refractivity contribution >= 4 is 12.0 Å². The third-order valence-corrected chi connectivity index (χ3v) is 2.95. The number of amides is 1. The molecule has 1 amide bonds. The molecule has 18 heavy (non-hydrogen) atoms. The normalized spacial score (nSPS) is 11.2. The summed E-state index contributed by atoms with van der Waals surface area (Å²) in [4.78, 5) is 11.5. The third-order valence-electron chi connectivity index (χ3n) is 2.95. The van der Waals surface area contributed by atoms with Gasteiger partial charge in [-0.15, -0.1) is 0 Å². The van der Waals surface area contributed by atoms with E-state index in [0.29, 0.717) is 0 Å². The van der Waals surface area contributed by atoms with Gasteiger partial charge < -0.3 is 9.88 Å². The largest absolute Gasteiger partial charge is 0.354 e. The molecule has 96 valence electrons. The van der Waals surface area contributed by atoms with E-state index in [1.54, 1.807) is 6.08 Å². The smallest absolute Gasteiger partial charge is 0.261 e. The summed E-state index contributed by atoms with van der Waals surface area (Å²) in [7, 11) is 1.52. The Labute approximate surface area is 108 Å². The SMILES string of the molecule is CCCn1c(C)cc(/C=C(/C#N)C(=O)NC)c1C. The molecule has 4 heteroatoms. The van der Waals surface area contributed by atoms with Crippen LogP contribution in [0.2, 0.25) is 0 Å². The zero-order valence-electron chi connectivity index (χ0n) is 11.4. The molecule has 0 unspecified atom stereocenters. The lowest BCUT2D eigenvalue weighted by Gasteiger charge is -2.07. The highest BCUT2D eigenvalue weighted by Crippen LogP contribution is 2.18. The number of carbonyl (C=O) groups is 1. The van der Waals surface area contributed by atoms with Gasteiger partial charge in [0.2, 0.25) is 0 Å². The lowest BCUT2D eigenvalue weighted by molar-refractivity contribution is -0.116. The lowest BCUT2D eigenvalue weighted by Crippen LogP contribution is -2.19. The summed E-state index contributed by atoms with van der Waals surface area (Å²) < 4.78 is 2.20. The molecule has 0 aliphatic carbocycles. The van der Waals surface area contributed by atoms with E-state index in [0.717, 1.165) is 29.9 Å². The second-order valence-electron chi connectivity index (χ2n) is 4.23. The molecule has 0 atom stereocenters. The first kappa shape index (κ1) is 14.0. The van der Waals surface area contributed by atoms with E-state index < -0.39 is 0 Å². The summed E-state index contributed by atoms with van der Waals surface area (Å²) in [6.45, 7) is 7.12. The molecule has 1 aromatic heterocycles. The van der Waals surface area contributed by atoms with E-state index >= 15 is 0 Å². The van der Waals surface area contributed by atoms with Crippen molar-refractivity contribution in [2.24, 2.45) is 0 Å². The number of carbonyl (C=O) groups excluding carboxylic acids is 1. The molecule has 0 aliphatic rings. The van der Waals surface area contributed by atoms with Crippen LogP contribution in [0.25, 0.3) is 6.08 Å². The maximum atomic E-state index is 11.5. The molecule has 0 fully saturated rings. The van der Waals surface area contributed by atoms with E-state index in [-0.39, 0.29) is 11.5 Å². The minimum atomic E-state index is -0.349. The fourth-order valence-corrected chi connectivity index (χ4v) is 1.98. The van der Waals surface area contributed by atoms with E-state index in [4.69, 9.17) is 5.26 Å². The van der Waals surface area contributed by atoms with Crippen molar-refractivity contribution < 1.29 is 4.79 Å². The van der Waals surface area contributed by atoms with Crippen molar-refractivity contribution in [2.45, 2.75) is 33.7 Å². The summed E-state index contributed by atoms with van der Waals surface area (Å²) in [6, 6.07) is 3.93. The summed E-state index contributed by atoms with van der Waals surface area (Å²) >= 11 is 0. The highest BCUT2D eigenvalue weighted by molar-refractivity contribution is 6.01. The number of rotatable bonds is 4. The van der Waals surface area contributed by atoms with Crippen LogP contribution in [0, 0.1) is 25.2 Å². The minimum Gasteiger partial charge on any atom is -0.354 e. The van der Waals surface area contributed by atoms with Crippen molar-refractivity contribution in [2.75, 3.05) is 7.05 Å². The van der Waals surface area contributed by atoms with Crippen LogP contribution in [0.3, 0.4) is 0 Å². The number of nitrogens with one attached hydrogen (secondary N) is 1. The number of aromatic nitrogens is 1. The summed E-state index contributed by atoms with van der Waals surface area (Å²) in [5.41, 5.74) is 3.30. The molecule has 0 saturated carbocycles. The number of hydrogen-bond acceptors (Lipinski definition) is 2. The van der Waals surface area contributed by atoms with E-state index in [9.17, 15) is 4.79 Å². The number of nitriles is 1. The van der Waals surface area contributed by atoms with Gasteiger partial charge in [0.05, 0.1) is 0 Å². The Morgan fingerprint density at radius 2 is 2.22 bits per heavy atom. The van der Waals surface area contributed by atoms with Crippen molar-refractivity contribution in [3.8, 4) is 6.07 Å². The van der Waals surface area contributed by atoms with E-state index in [1.807, 2.05) is 26.0 Å². The van der Waals surface area contributed by atoms with Gasteiger partial charge in [-0.3, -0.25) is 4.79 Å². The zero-order chi connectivity index (χ0) is 13.7. The van der Waals surface area contributed by atoms with Crippen LogP contribution in [0.1, 0.15) is 30.3 Å². The van der Waals surface area contributed by atoms with Crippen molar-refractivity contribution in [1.82, 2.24) is 9.88 Å². The number of hydrogen-bond donors (Lipinski definition) is 1. The number of aryl methyl sites for hydroxylation is 1. The Balaban J connectivity index is 3.19. The van der Waals surface area contributed by atoms with Crippen molar-refractivity contribution in [3.63, 3.8) is 0 Å². The molecule has 0 bridgehead atoms. The van der Waals surface area contributed by atoms with Gasteiger partial charge in [-0.1, -0.05) is 6.92 Å². The van der Waals surface area contributed by atoms with Gasteiger partial charge in [-0.05, 0) is 38.0 Å². The predicted molar refractivity (Wildman–Crippen MR) is 71.9 cm³/mol. The second kappa shape index (κ2) is 6.06. The molecular formula is C14H19N3O. The molecule has 0 saturated heterocycles. The molecule has 4 nitrogen and oxygen atoms in total. The van der Waals surface area contributed by atoms with Crippen LogP contribution in [-0.4, -0.2) is 17.5 Å². The van der Waals surface area contributed by atoms with Crippen molar-refractivity contribution in [3.05, 3.63) is 28.6 Å². The summed E-state index contributed by atoms with van der Waals surface area (Å²) in [5, 5.41) is 11.4. The lowest BCUT2D eigenvalue weighted by atomic mass is 10.1. The van der Waals surface area contributed by atoms with E-state index in [1.165, 1.54) is 7.05 Å². The average Bonchev–Trinajstić information content (AvgIpc) is 2.63. The van der Waals surface area contributed by atoms with Gasteiger partial charge in [-0.25, -0.2) is 0 Å². The molecule has 0 spiro atoms. The first-order chi connectivity index (χ1) is 8.54. The fourth-order valence-electron chi connectivity index (χ4n) is 1.98. The Morgan fingerprint density at radius 1 is 1.56 bits per heavy atom. The summed E-state index contributed by atoms with van der Waals surface area (Å²) in [6.07, 6.45) is 2.70. The molecular weight excluding hydrogens is 226 g/mol. The topological polar surface area (TPSA) is 57.8 Å². The standard InChI is InChI=1S/C14H19N3O/c1-5-6-17-10(2)7-12(11(17)3)8-13(9-15)14(18)16-4/h7-8H,5-6H2,1-4H3,(H,16,18)/b13-8-. The Bertz CT molecular complexity index is 518. The molecule has 0 radical (unpaired) electrons. The number of likely N-dealkylation sites (N-methyl/N-ethyl adjacent to an activating group) is 1. The predicted octanol–water partition coefficient (Wildman–Crippen LogP) is 2.17. The molecule has 1 N–H and O–H groups in total. The van der Waals surface area contributed by atoms with Gasteiger partial charge in [0.1, 0.15) is 11.6 Å². The van der Waals surface area contributed by atoms with Gasteiger partial charge in [0.25, 0.3) is 5.91 Å². The molecule has 0 aliphatic heterocycles. The first-order valence-electron chi connectivity index (χ1n) is 6.05. The third kappa shape index (κ3) is 2.80. The van der Waals surface area contributed by atoms with Crippen LogP contribution in [0.4, 0.5) is 0 Å². The van der Waals surface area contributed by atoms with Gasteiger partial charge in [-0.2, -0.15) is 5.26 Å².